The molecular weight excluding hydrogens is 492 g/mol. The maximum Gasteiger partial charge on any atom is 0.490 e. The Bertz CT molecular complexity index is 1020. The molecule has 172 valence electrons. The molecule has 0 aliphatic carbocycles. The molecule has 1 saturated heterocycles. The Morgan fingerprint density at radius 1 is 1.27 bits per heavy atom. The third kappa shape index (κ3) is 6.42. The molecule has 1 aliphatic heterocycles. The van der Waals surface area contributed by atoms with Crippen LogP contribution < -0.4 is 11.4 Å². The van der Waals surface area contributed by atoms with Crippen LogP contribution in [-0.4, -0.2) is 47.8 Å². The number of phosphoric acid groups is 3. The number of aromatic nitrogens is 2. The molecule has 21 heteroatoms. The molecule has 6 N–H and O–H groups in total. The van der Waals surface area contributed by atoms with Gasteiger partial charge in [0.15, 0.2) is 17.8 Å². The zero-order chi connectivity index (χ0) is 23.1. The van der Waals surface area contributed by atoms with Gasteiger partial charge in [0.1, 0.15) is 12.8 Å². The zero-order valence-electron chi connectivity index (χ0n) is 14.1. The van der Waals surface area contributed by atoms with Crippen molar-refractivity contribution in [2.75, 3.05) is 12.3 Å². The van der Waals surface area contributed by atoms with Crippen LogP contribution >= 0.6 is 23.5 Å². The number of anilines is 1. The fraction of sp³-hybridized carbons (Fsp3) is 0.556. The summed E-state index contributed by atoms with van der Waals surface area (Å²) in [6.07, 6.45) is -4.87. The highest BCUT2D eigenvalue weighted by Crippen LogP contribution is 2.66. The van der Waals surface area contributed by atoms with Crippen LogP contribution in [0.25, 0.3) is 0 Å². The van der Waals surface area contributed by atoms with Crippen molar-refractivity contribution in [1.82, 2.24) is 9.55 Å². The molecule has 5 atom stereocenters. The molecule has 0 radical (unpaired) electrons. The van der Waals surface area contributed by atoms with E-state index >= 15 is 0 Å². The van der Waals surface area contributed by atoms with Crippen molar-refractivity contribution in [1.29, 1.82) is 0 Å². The summed E-state index contributed by atoms with van der Waals surface area (Å²) in [5.74, 6) is -5.53. The second-order valence-electron chi connectivity index (χ2n) is 5.59. The summed E-state index contributed by atoms with van der Waals surface area (Å²) >= 11 is 0. The van der Waals surface area contributed by atoms with Crippen LogP contribution in [-0.2, 0) is 31.6 Å². The monoisotopic (exact) mass is 505 g/mol. The first kappa shape index (κ1) is 25.1. The summed E-state index contributed by atoms with van der Waals surface area (Å²) in [5.41, 5.74) is 3.84. The van der Waals surface area contributed by atoms with Crippen LogP contribution in [0.2, 0.25) is 0 Å². The molecule has 1 aromatic heterocycles. The predicted molar refractivity (Wildman–Crippen MR) is 86.2 cm³/mol. The lowest BCUT2D eigenvalue weighted by Gasteiger charge is -2.23. The highest BCUT2D eigenvalue weighted by Gasteiger charge is 2.53. The van der Waals surface area contributed by atoms with Crippen molar-refractivity contribution in [2.24, 2.45) is 0 Å². The first-order valence-electron chi connectivity index (χ1n) is 7.26. The van der Waals surface area contributed by atoms with Gasteiger partial charge in [-0.1, -0.05) is 0 Å². The van der Waals surface area contributed by atoms with Crippen LogP contribution in [0.4, 0.5) is 19.0 Å². The second kappa shape index (κ2) is 8.41. The van der Waals surface area contributed by atoms with E-state index in [0.717, 1.165) is 0 Å². The van der Waals surface area contributed by atoms with E-state index in [1.165, 1.54) is 0 Å². The van der Waals surface area contributed by atoms with Crippen LogP contribution in [0.15, 0.2) is 11.0 Å². The van der Waals surface area contributed by atoms with E-state index in [9.17, 15) is 36.6 Å². The molecule has 30 heavy (non-hydrogen) atoms. The highest BCUT2D eigenvalue weighted by atomic mass is 31.3. The molecule has 0 saturated carbocycles. The SMILES string of the molecule is Nc1nc(=O)n([C@H]2C[C@H](F)[C@@](F)(COP(=O)(O)OP(=O)(O)OP(=O)(O)O)O2)cc1F. The molecule has 1 fully saturated rings. The van der Waals surface area contributed by atoms with Crippen molar-refractivity contribution in [3.8, 4) is 0 Å². The van der Waals surface area contributed by atoms with E-state index in [0.29, 0.717) is 10.8 Å². The molecule has 0 amide bonds. The minimum atomic E-state index is -5.88. The normalized spacial score (nSPS) is 28.8. The zero-order valence-corrected chi connectivity index (χ0v) is 16.8. The first-order valence-corrected chi connectivity index (χ1v) is 11.8. The summed E-state index contributed by atoms with van der Waals surface area (Å²) in [6, 6.07) is 0. The van der Waals surface area contributed by atoms with E-state index in [1.807, 2.05) is 0 Å². The summed E-state index contributed by atoms with van der Waals surface area (Å²) in [6.45, 7) is -1.77. The summed E-state index contributed by atoms with van der Waals surface area (Å²) in [5, 5.41) is 0. The standard InChI is InChI=1S/C9H13F3N3O12P3/c10-4-2-15(8(16)14-7(4)13)6-1-5(11)9(12,25-6)3-24-29(20,21)27-30(22,23)26-28(17,18)19/h2,5-6H,1,3H2,(H,20,21)(H,22,23)(H2,13,14,16)(H2,17,18,19)/t5-,6+,9+/m0/s1. The highest BCUT2D eigenvalue weighted by molar-refractivity contribution is 7.66. The van der Waals surface area contributed by atoms with Gasteiger partial charge < -0.3 is 30.0 Å². The van der Waals surface area contributed by atoms with Gasteiger partial charge in [-0.05, 0) is 0 Å². The smallest absolute Gasteiger partial charge is 0.381 e. The first-order chi connectivity index (χ1) is 13.4. The number of nitrogens with two attached hydrogens (primary N) is 1. The largest absolute Gasteiger partial charge is 0.490 e. The molecule has 2 rings (SSSR count). The fourth-order valence-corrected chi connectivity index (χ4v) is 5.17. The molecule has 15 nitrogen and oxygen atoms in total. The fourth-order valence-electron chi connectivity index (χ4n) is 2.13. The Hall–Kier alpha value is -1.16. The molecule has 1 aromatic rings. The van der Waals surface area contributed by atoms with Crippen LogP contribution in [0.3, 0.4) is 0 Å². The average molecular weight is 505 g/mol. The van der Waals surface area contributed by atoms with Gasteiger partial charge in [0.25, 0.3) is 5.85 Å². The number of halogens is 3. The third-order valence-electron chi connectivity index (χ3n) is 3.29. The van der Waals surface area contributed by atoms with Gasteiger partial charge in [0.05, 0.1) is 6.20 Å². The van der Waals surface area contributed by atoms with Crippen molar-refractivity contribution < 1.29 is 64.3 Å². The van der Waals surface area contributed by atoms with Crippen molar-refractivity contribution in [2.45, 2.75) is 24.7 Å². The van der Waals surface area contributed by atoms with Gasteiger partial charge in [-0.25, -0.2) is 31.7 Å². The Balaban J connectivity index is 2.10. The Labute approximate surface area is 163 Å². The lowest BCUT2D eigenvalue weighted by atomic mass is 10.2. The van der Waals surface area contributed by atoms with Gasteiger partial charge in [0.2, 0.25) is 0 Å². The Morgan fingerprint density at radius 3 is 2.43 bits per heavy atom. The minimum absolute atomic E-state index is 0.352. The van der Waals surface area contributed by atoms with Crippen molar-refractivity contribution >= 4 is 29.3 Å². The van der Waals surface area contributed by atoms with Crippen molar-refractivity contribution in [3.05, 3.63) is 22.5 Å². The molecule has 0 aromatic carbocycles. The lowest BCUT2D eigenvalue weighted by molar-refractivity contribution is -0.193. The molecule has 0 spiro atoms. The molecule has 2 unspecified atom stereocenters. The number of ether oxygens (including phenoxy) is 1. The van der Waals surface area contributed by atoms with Gasteiger partial charge in [-0.2, -0.15) is 13.6 Å². The molecular formula is C9H13F3N3O12P3. The lowest BCUT2D eigenvalue weighted by Crippen LogP contribution is -2.37. The van der Waals surface area contributed by atoms with Crippen LogP contribution in [0.5, 0.6) is 0 Å². The minimum Gasteiger partial charge on any atom is -0.381 e. The topological polar surface area (TPSA) is 230 Å². The quantitative estimate of drug-likeness (QED) is 0.298. The Kier molecular flexibility index (Phi) is 7.04. The average Bonchev–Trinajstić information content (AvgIpc) is 2.81. The number of nitrogens with zero attached hydrogens (tertiary/aromatic N) is 2. The van der Waals surface area contributed by atoms with Gasteiger partial charge >= 0.3 is 29.2 Å². The number of nitrogen functional groups attached to an aromatic ring is 1. The maximum atomic E-state index is 14.6. The predicted octanol–water partition coefficient (Wildman–Crippen LogP) is 0.231. The van der Waals surface area contributed by atoms with E-state index < -0.39 is 72.1 Å². The van der Waals surface area contributed by atoms with Crippen LogP contribution in [0, 0.1) is 5.82 Å². The van der Waals surface area contributed by atoms with E-state index in [-0.39, 0.29) is 0 Å². The summed E-state index contributed by atoms with van der Waals surface area (Å²) in [4.78, 5) is 49.8. The number of alkyl halides is 2. The summed E-state index contributed by atoms with van der Waals surface area (Å²) in [7, 11) is -17.3. The van der Waals surface area contributed by atoms with Gasteiger partial charge in [-0.15, -0.1) is 0 Å². The maximum absolute atomic E-state index is 14.6. The summed E-state index contributed by atoms with van der Waals surface area (Å²) < 4.78 is 91.2. The van der Waals surface area contributed by atoms with Gasteiger partial charge in [-0.3, -0.25) is 9.09 Å². The Morgan fingerprint density at radius 2 is 1.87 bits per heavy atom. The van der Waals surface area contributed by atoms with Crippen LogP contribution in [0.1, 0.15) is 12.6 Å². The molecule has 0 bridgehead atoms. The molecule has 1 aliphatic rings. The number of rotatable bonds is 8. The van der Waals surface area contributed by atoms with Gasteiger partial charge in [0, 0.05) is 6.42 Å². The number of phosphoric ester groups is 1. The second-order valence-corrected chi connectivity index (χ2v) is 10.0. The van der Waals surface area contributed by atoms with E-state index in [1.54, 1.807) is 0 Å². The van der Waals surface area contributed by atoms with Crippen molar-refractivity contribution in [3.63, 3.8) is 0 Å². The molecule has 2 heterocycles. The van der Waals surface area contributed by atoms with E-state index in [4.69, 9.17) is 20.4 Å². The third-order valence-corrected chi connectivity index (χ3v) is 7.08. The number of hydrogen-bond acceptors (Lipinski definition) is 10. The van der Waals surface area contributed by atoms with E-state index in [2.05, 4.69) is 22.9 Å². The number of hydrogen-bond donors (Lipinski definition) is 5.